The zero-order valence-electron chi connectivity index (χ0n) is 12.1. The van der Waals surface area contributed by atoms with Crippen molar-refractivity contribution in [2.45, 2.75) is 19.3 Å². The Morgan fingerprint density at radius 1 is 1.14 bits per heavy atom. The number of anilines is 1. The molecule has 1 aromatic carbocycles. The Morgan fingerprint density at radius 3 is 2.29 bits per heavy atom. The van der Waals surface area contributed by atoms with Crippen LogP contribution in [0, 0.1) is 5.41 Å². The molecule has 0 unspecified atom stereocenters. The molecule has 0 radical (unpaired) electrons. The molecule has 3 nitrogen and oxygen atoms in total. The zero-order valence-corrected chi connectivity index (χ0v) is 13.7. The van der Waals surface area contributed by atoms with Crippen LogP contribution in [-0.2, 0) is 4.79 Å². The summed E-state index contributed by atoms with van der Waals surface area (Å²) in [6.45, 7) is 3.40. The number of hydrogen-bond acceptors (Lipinski definition) is 3. The molecule has 2 aliphatic rings. The molecule has 21 heavy (non-hydrogen) atoms. The monoisotopic (exact) mass is 324 g/mol. The number of hydrogen-bond donors (Lipinski definition) is 1. The van der Waals surface area contributed by atoms with Crippen molar-refractivity contribution in [2.24, 2.45) is 5.41 Å². The van der Waals surface area contributed by atoms with Crippen LogP contribution in [0.4, 0.5) is 5.69 Å². The van der Waals surface area contributed by atoms with E-state index in [0.717, 1.165) is 49.8 Å². The molecule has 0 bridgehead atoms. The second-order valence-electron chi connectivity index (χ2n) is 6.18. The lowest BCUT2D eigenvalue weighted by molar-refractivity contribution is -0.132. The fourth-order valence-corrected chi connectivity index (χ4v) is 3.42. The first-order chi connectivity index (χ1) is 10.1. The number of rotatable bonds is 4. The van der Waals surface area contributed by atoms with Crippen molar-refractivity contribution in [3.63, 3.8) is 0 Å². The first-order valence-electron chi connectivity index (χ1n) is 7.51. The summed E-state index contributed by atoms with van der Waals surface area (Å²) >= 11 is 10.3. The van der Waals surface area contributed by atoms with Gasteiger partial charge in [0.2, 0.25) is 5.91 Å². The third-order valence-electron chi connectivity index (χ3n) is 4.64. The molecule has 1 aliphatic carbocycles. The molecule has 1 saturated heterocycles. The molecule has 2 fully saturated rings. The molecule has 0 spiro atoms. The van der Waals surface area contributed by atoms with Gasteiger partial charge in [-0.05, 0) is 48.3 Å². The number of piperazine rings is 1. The second kappa shape index (κ2) is 6.09. The lowest BCUT2D eigenvalue weighted by atomic mass is 10.0. The molecule has 0 aromatic heterocycles. The van der Waals surface area contributed by atoms with Crippen LogP contribution < -0.4 is 4.90 Å². The zero-order chi connectivity index (χ0) is 14.9. The lowest BCUT2D eigenvalue weighted by Gasteiger charge is -2.36. The van der Waals surface area contributed by atoms with Crippen LogP contribution in [0.1, 0.15) is 19.3 Å². The maximum Gasteiger partial charge on any atom is 0.223 e. The van der Waals surface area contributed by atoms with Crippen LogP contribution in [-0.4, -0.2) is 42.7 Å². The Hall–Kier alpha value is -0.870. The molecule has 1 aliphatic heterocycles. The summed E-state index contributed by atoms with van der Waals surface area (Å²) in [4.78, 5) is 16.7. The van der Waals surface area contributed by atoms with Crippen molar-refractivity contribution in [2.75, 3.05) is 36.8 Å². The molecule has 1 aromatic rings. The van der Waals surface area contributed by atoms with E-state index in [0.29, 0.717) is 12.3 Å². The van der Waals surface area contributed by atoms with Crippen molar-refractivity contribution in [3.05, 3.63) is 29.3 Å². The number of carbonyl (C=O) groups is 1. The van der Waals surface area contributed by atoms with Gasteiger partial charge in [-0.3, -0.25) is 4.79 Å². The number of thiol groups is 1. The van der Waals surface area contributed by atoms with Gasteiger partial charge in [0.1, 0.15) is 0 Å². The summed E-state index contributed by atoms with van der Waals surface area (Å²) in [6, 6.07) is 7.91. The lowest BCUT2D eigenvalue weighted by Crippen LogP contribution is -2.49. The van der Waals surface area contributed by atoms with Gasteiger partial charge in [-0.15, -0.1) is 0 Å². The molecule has 1 amide bonds. The average molecular weight is 325 g/mol. The third-order valence-corrected chi connectivity index (χ3v) is 5.57. The molecule has 5 heteroatoms. The first-order valence-corrected chi connectivity index (χ1v) is 8.52. The van der Waals surface area contributed by atoms with Crippen molar-refractivity contribution in [3.8, 4) is 0 Å². The largest absolute Gasteiger partial charge is 0.368 e. The van der Waals surface area contributed by atoms with Crippen LogP contribution in [0.15, 0.2) is 24.3 Å². The van der Waals surface area contributed by atoms with Gasteiger partial charge in [0.25, 0.3) is 0 Å². The van der Waals surface area contributed by atoms with Gasteiger partial charge in [-0.25, -0.2) is 0 Å². The smallest absolute Gasteiger partial charge is 0.223 e. The van der Waals surface area contributed by atoms with E-state index in [9.17, 15) is 4.79 Å². The molecule has 1 heterocycles. The van der Waals surface area contributed by atoms with Gasteiger partial charge in [-0.1, -0.05) is 11.6 Å². The predicted octanol–water partition coefficient (Wildman–Crippen LogP) is 3.09. The normalized spacial score (nSPS) is 20.5. The van der Waals surface area contributed by atoms with Gasteiger partial charge >= 0.3 is 0 Å². The van der Waals surface area contributed by atoms with E-state index < -0.39 is 0 Å². The van der Waals surface area contributed by atoms with Gasteiger partial charge in [-0.2, -0.15) is 12.6 Å². The standard InChI is InChI=1S/C16H21ClN2OS/c17-13-1-3-14(4-2-13)18-7-9-19(10-8-18)15(20)11-16(12-21)5-6-16/h1-4,21H,5-12H2. The van der Waals surface area contributed by atoms with Gasteiger partial charge in [0.05, 0.1) is 0 Å². The van der Waals surface area contributed by atoms with Crippen LogP contribution >= 0.6 is 24.2 Å². The van der Waals surface area contributed by atoms with E-state index in [2.05, 4.69) is 17.5 Å². The second-order valence-corrected chi connectivity index (χ2v) is 6.93. The van der Waals surface area contributed by atoms with Crippen LogP contribution in [0.3, 0.4) is 0 Å². The molecule has 1 saturated carbocycles. The van der Waals surface area contributed by atoms with Gasteiger partial charge in [0.15, 0.2) is 0 Å². The van der Waals surface area contributed by atoms with Crippen LogP contribution in [0.2, 0.25) is 5.02 Å². The van der Waals surface area contributed by atoms with E-state index in [-0.39, 0.29) is 5.41 Å². The van der Waals surface area contributed by atoms with Crippen LogP contribution in [0.5, 0.6) is 0 Å². The molecular formula is C16H21ClN2OS. The minimum atomic E-state index is 0.216. The fourth-order valence-electron chi connectivity index (χ4n) is 2.87. The highest BCUT2D eigenvalue weighted by atomic mass is 35.5. The SMILES string of the molecule is O=C(CC1(CS)CC1)N1CCN(c2ccc(Cl)cc2)CC1. The Morgan fingerprint density at radius 2 is 1.76 bits per heavy atom. The molecule has 114 valence electrons. The van der Waals surface area contributed by atoms with E-state index in [1.807, 2.05) is 29.2 Å². The highest BCUT2D eigenvalue weighted by Crippen LogP contribution is 2.49. The van der Waals surface area contributed by atoms with Crippen molar-refractivity contribution in [1.82, 2.24) is 4.90 Å². The highest BCUT2D eigenvalue weighted by Gasteiger charge is 2.43. The highest BCUT2D eigenvalue weighted by molar-refractivity contribution is 7.80. The van der Waals surface area contributed by atoms with E-state index >= 15 is 0 Å². The Labute approximate surface area is 136 Å². The Balaban J connectivity index is 1.53. The van der Waals surface area contributed by atoms with Crippen molar-refractivity contribution in [1.29, 1.82) is 0 Å². The van der Waals surface area contributed by atoms with Gasteiger partial charge in [0, 0.05) is 43.3 Å². The summed E-state index contributed by atoms with van der Waals surface area (Å²) in [5.74, 6) is 1.14. The topological polar surface area (TPSA) is 23.6 Å². The van der Waals surface area contributed by atoms with E-state index in [4.69, 9.17) is 11.6 Å². The minimum absolute atomic E-state index is 0.216. The Kier molecular flexibility index (Phi) is 4.36. The molecule has 0 atom stereocenters. The molecule has 0 N–H and O–H groups in total. The number of amides is 1. The summed E-state index contributed by atoms with van der Waals surface area (Å²) in [6.07, 6.45) is 3.00. The first kappa shape index (κ1) is 15.0. The predicted molar refractivity (Wildman–Crippen MR) is 90.4 cm³/mol. The number of carbonyl (C=O) groups excluding carboxylic acids is 1. The summed E-state index contributed by atoms with van der Waals surface area (Å²) in [5.41, 5.74) is 1.40. The number of halogens is 1. The van der Waals surface area contributed by atoms with Gasteiger partial charge < -0.3 is 9.80 Å². The maximum absolute atomic E-state index is 12.4. The summed E-state index contributed by atoms with van der Waals surface area (Å²) in [7, 11) is 0. The van der Waals surface area contributed by atoms with Crippen LogP contribution in [0.25, 0.3) is 0 Å². The summed E-state index contributed by atoms with van der Waals surface area (Å²) < 4.78 is 0. The number of benzene rings is 1. The quantitative estimate of drug-likeness (QED) is 0.860. The van der Waals surface area contributed by atoms with Crippen molar-refractivity contribution < 1.29 is 4.79 Å². The molecule has 3 rings (SSSR count). The molecular weight excluding hydrogens is 304 g/mol. The average Bonchev–Trinajstić information content (AvgIpc) is 3.28. The Bertz CT molecular complexity index is 508. The van der Waals surface area contributed by atoms with Crippen molar-refractivity contribution >= 4 is 35.8 Å². The van der Waals surface area contributed by atoms with E-state index in [1.54, 1.807) is 0 Å². The summed E-state index contributed by atoms with van der Waals surface area (Å²) in [5, 5.41) is 0.758. The number of nitrogens with zero attached hydrogens (tertiary/aromatic N) is 2. The maximum atomic E-state index is 12.4. The minimum Gasteiger partial charge on any atom is -0.368 e. The third kappa shape index (κ3) is 3.49. The van der Waals surface area contributed by atoms with E-state index in [1.165, 1.54) is 5.69 Å². The fraction of sp³-hybridized carbons (Fsp3) is 0.562.